The highest BCUT2D eigenvalue weighted by Crippen LogP contribution is 2.55. The van der Waals surface area contributed by atoms with Crippen LogP contribution < -0.4 is 0 Å². The Hall–Kier alpha value is -1.39. The van der Waals surface area contributed by atoms with Crippen molar-refractivity contribution in [3.05, 3.63) is 12.2 Å². The van der Waals surface area contributed by atoms with Crippen LogP contribution in [0.5, 0.6) is 0 Å². The fraction of sp³-hybridized carbons (Fsp3) is 0.842. The number of carbonyl (C=O) groups excluding carboxylic acids is 1. The third kappa shape index (κ3) is 7.39. The predicted octanol–water partition coefficient (Wildman–Crippen LogP) is 6.15. The molecule has 0 saturated heterocycles. The number of aliphatic hydroxyl groups is 1. The van der Waals surface area contributed by atoms with Gasteiger partial charge in [0.1, 0.15) is 0 Å². The van der Waals surface area contributed by atoms with E-state index < -0.39 is 68.6 Å². The van der Waals surface area contributed by atoms with Crippen molar-refractivity contribution >= 4 is 5.97 Å². The molecule has 178 valence electrons. The second-order valence-corrected chi connectivity index (χ2v) is 7.04. The molecule has 0 spiro atoms. The van der Waals surface area contributed by atoms with Crippen molar-refractivity contribution in [2.75, 3.05) is 13.2 Å². The van der Waals surface area contributed by atoms with Crippen molar-refractivity contribution in [1.82, 2.24) is 0 Å². The first-order valence-electron chi connectivity index (χ1n) is 9.65. The molecular formula is C19H28F8O3. The van der Waals surface area contributed by atoms with E-state index in [1.807, 2.05) is 6.92 Å². The van der Waals surface area contributed by atoms with Gasteiger partial charge in [-0.1, -0.05) is 39.2 Å². The zero-order chi connectivity index (χ0) is 23.6. The lowest BCUT2D eigenvalue weighted by atomic mass is 9.92. The van der Waals surface area contributed by atoms with Gasteiger partial charge in [0.2, 0.25) is 0 Å². The molecular weight excluding hydrogens is 428 g/mol. The summed E-state index contributed by atoms with van der Waals surface area (Å²) in [7, 11) is 0. The summed E-state index contributed by atoms with van der Waals surface area (Å²) >= 11 is 0. The molecule has 0 saturated carbocycles. The Kier molecular flexibility index (Phi) is 11.3. The summed E-state index contributed by atoms with van der Waals surface area (Å²) in [5, 5.41) is 8.60. The largest absolute Gasteiger partial charge is 0.462 e. The Morgan fingerprint density at radius 3 is 1.77 bits per heavy atom. The Morgan fingerprint density at radius 1 is 0.833 bits per heavy atom. The van der Waals surface area contributed by atoms with Gasteiger partial charge in [-0.2, -0.15) is 35.1 Å². The van der Waals surface area contributed by atoms with Gasteiger partial charge < -0.3 is 9.84 Å². The zero-order valence-corrected chi connectivity index (χ0v) is 16.8. The second-order valence-electron chi connectivity index (χ2n) is 7.04. The maximum absolute atomic E-state index is 13.8. The minimum Gasteiger partial charge on any atom is -0.462 e. The van der Waals surface area contributed by atoms with Crippen molar-refractivity contribution in [3.8, 4) is 0 Å². The summed E-state index contributed by atoms with van der Waals surface area (Å²) in [6.45, 7) is 3.76. The van der Waals surface area contributed by atoms with E-state index in [0.717, 1.165) is 6.42 Å². The summed E-state index contributed by atoms with van der Waals surface area (Å²) in [5.74, 6) is -24.4. The van der Waals surface area contributed by atoms with Crippen LogP contribution in [-0.2, 0) is 9.53 Å². The molecule has 0 atom stereocenters. The Morgan fingerprint density at radius 2 is 1.30 bits per heavy atom. The highest BCUT2D eigenvalue weighted by molar-refractivity contribution is 5.87. The van der Waals surface area contributed by atoms with Crippen LogP contribution in [0.3, 0.4) is 0 Å². The smallest absolute Gasteiger partial charge is 0.378 e. The molecule has 0 aromatic carbocycles. The average Bonchev–Trinajstić information content (AvgIpc) is 2.64. The number of rotatable bonds is 16. The van der Waals surface area contributed by atoms with E-state index in [0.29, 0.717) is 12.8 Å². The standard InChI is InChI=1S/C19H28F8O3/c1-3-4-5-6-7-10-16(20,21)18(24,25)19(26,27)17(22,23)11-8-13-30-15(29)14(2)9-12-28/h28H,2-13H2,1H3. The number of hydrogen-bond acceptors (Lipinski definition) is 3. The molecule has 3 nitrogen and oxygen atoms in total. The lowest BCUT2D eigenvalue weighted by molar-refractivity contribution is -0.368. The molecule has 0 aromatic rings. The van der Waals surface area contributed by atoms with Crippen LogP contribution in [-0.4, -0.2) is 48.0 Å². The molecule has 0 radical (unpaired) electrons. The first-order valence-corrected chi connectivity index (χ1v) is 9.65. The van der Waals surface area contributed by atoms with Crippen LogP contribution in [0, 0.1) is 0 Å². The molecule has 11 heteroatoms. The highest BCUT2D eigenvalue weighted by atomic mass is 19.4. The molecule has 0 fully saturated rings. The van der Waals surface area contributed by atoms with E-state index in [1.54, 1.807) is 0 Å². The number of esters is 1. The van der Waals surface area contributed by atoms with Crippen molar-refractivity contribution in [3.63, 3.8) is 0 Å². The Bertz CT molecular complexity index is 550. The fourth-order valence-corrected chi connectivity index (χ4v) is 2.52. The molecule has 0 unspecified atom stereocenters. The molecule has 30 heavy (non-hydrogen) atoms. The van der Waals surface area contributed by atoms with Crippen molar-refractivity contribution in [1.29, 1.82) is 0 Å². The highest BCUT2D eigenvalue weighted by Gasteiger charge is 2.79. The van der Waals surface area contributed by atoms with E-state index in [2.05, 4.69) is 11.3 Å². The maximum Gasteiger partial charge on any atom is 0.378 e. The minimum atomic E-state index is -6.31. The molecule has 0 aliphatic rings. The summed E-state index contributed by atoms with van der Waals surface area (Å²) in [5.41, 5.74) is -0.209. The van der Waals surface area contributed by atoms with Gasteiger partial charge in [-0.25, -0.2) is 4.79 Å². The molecule has 0 bridgehead atoms. The van der Waals surface area contributed by atoms with Crippen molar-refractivity contribution in [2.45, 2.75) is 88.4 Å². The van der Waals surface area contributed by atoms with Crippen LogP contribution in [0.15, 0.2) is 12.2 Å². The van der Waals surface area contributed by atoms with Gasteiger partial charge in [-0.3, -0.25) is 0 Å². The predicted molar refractivity (Wildman–Crippen MR) is 94.2 cm³/mol. The third-order valence-corrected chi connectivity index (χ3v) is 4.48. The molecule has 0 aliphatic carbocycles. The van der Waals surface area contributed by atoms with E-state index in [-0.39, 0.29) is 18.4 Å². The first-order chi connectivity index (χ1) is 13.7. The van der Waals surface area contributed by atoms with E-state index in [9.17, 15) is 39.9 Å². The molecule has 0 aliphatic heterocycles. The van der Waals surface area contributed by atoms with Crippen LogP contribution in [0.2, 0.25) is 0 Å². The van der Waals surface area contributed by atoms with Crippen LogP contribution in [0.1, 0.15) is 64.7 Å². The monoisotopic (exact) mass is 456 g/mol. The van der Waals surface area contributed by atoms with Crippen molar-refractivity contribution in [2.24, 2.45) is 0 Å². The number of unbranched alkanes of at least 4 members (excludes halogenated alkanes) is 4. The summed E-state index contributed by atoms with van der Waals surface area (Å²) in [6.07, 6.45) is -3.27. The first kappa shape index (κ1) is 28.6. The van der Waals surface area contributed by atoms with Gasteiger partial charge in [0.25, 0.3) is 0 Å². The van der Waals surface area contributed by atoms with Gasteiger partial charge in [0.05, 0.1) is 6.61 Å². The van der Waals surface area contributed by atoms with E-state index in [1.165, 1.54) is 0 Å². The van der Waals surface area contributed by atoms with Gasteiger partial charge in [0.15, 0.2) is 0 Å². The number of ether oxygens (including phenoxy) is 1. The quantitative estimate of drug-likeness (QED) is 0.131. The Labute approximate surface area is 170 Å². The normalized spacial score (nSPS) is 13.4. The second kappa shape index (κ2) is 11.9. The number of alkyl halides is 8. The summed E-state index contributed by atoms with van der Waals surface area (Å²) < 4.78 is 115. The fourth-order valence-electron chi connectivity index (χ4n) is 2.52. The summed E-state index contributed by atoms with van der Waals surface area (Å²) in [4.78, 5) is 11.3. The Balaban J connectivity index is 4.92. The number of carbonyl (C=O) groups is 1. The minimum absolute atomic E-state index is 0.0917. The van der Waals surface area contributed by atoms with Gasteiger partial charge in [-0.05, 0) is 12.8 Å². The average molecular weight is 456 g/mol. The SMILES string of the molecule is C=C(CCO)C(=O)OCCCC(F)(F)C(F)(F)C(F)(F)C(F)(F)CCCCCCC. The van der Waals surface area contributed by atoms with Gasteiger partial charge in [-0.15, -0.1) is 0 Å². The number of aliphatic hydroxyl groups excluding tert-OH is 1. The van der Waals surface area contributed by atoms with E-state index >= 15 is 0 Å². The summed E-state index contributed by atoms with van der Waals surface area (Å²) in [6, 6.07) is 0. The van der Waals surface area contributed by atoms with Gasteiger partial charge >= 0.3 is 29.7 Å². The number of hydrogen-bond donors (Lipinski definition) is 1. The van der Waals surface area contributed by atoms with E-state index in [4.69, 9.17) is 5.11 Å². The van der Waals surface area contributed by atoms with Crippen LogP contribution in [0.25, 0.3) is 0 Å². The molecule has 1 N–H and O–H groups in total. The number of halogens is 8. The lowest BCUT2D eigenvalue weighted by Crippen LogP contribution is -2.62. The maximum atomic E-state index is 13.8. The van der Waals surface area contributed by atoms with Gasteiger partial charge in [0, 0.05) is 31.4 Å². The lowest BCUT2D eigenvalue weighted by Gasteiger charge is -2.37. The van der Waals surface area contributed by atoms with Crippen LogP contribution >= 0.6 is 0 Å². The molecule has 0 aromatic heterocycles. The van der Waals surface area contributed by atoms with Crippen molar-refractivity contribution < 1.29 is 49.8 Å². The molecule has 0 amide bonds. The molecule has 0 heterocycles. The zero-order valence-electron chi connectivity index (χ0n) is 16.8. The third-order valence-electron chi connectivity index (χ3n) is 4.48. The van der Waals surface area contributed by atoms with Crippen LogP contribution in [0.4, 0.5) is 35.1 Å². The molecule has 0 rings (SSSR count). The topological polar surface area (TPSA) is 46.5 Å².